The van der Waals surface area contributed by atoms with Gasteiger partial charge in [0.15, 0.2) is 0 Å². The van der Waals surface area contributed by atoms with Crippen molar-refractivity contribution in [3.8, 4) is 5.75 Å². The molecule has 2 aromatic rings. The lowest BCUT2D eigenvalue weighted by atomic mass is 10.1. The zero-order valence-electron chi connectivity index (χ0n) is 11.3. The Morgan fingerprint density at radius 3 is 2.80 bits per heavy atom. The molecule has 0 aliphatic carbocycles. The van der Waals surface area contributed by atoms with Gasteiger partial charge in [-0.3, -0.25) is 0 Å². The molecule has 0 unspecified atom stereocenters. The number of rotatable bonds is 5. The Balaban J connectivity index is 2.18. The first-order valence-electron chi connectivity index (χ1n) is 6.47. The molecule has 0 atom stereocenters. The molecule has 2 rings (SSSR count). The maximum Gasteiger partial charge on any atom is 0.124 e. The van der Waals surface area contributed by atoms with Gasteiger partial charge in [-0.2, -0.15) is 0 Å². The van der Waals surface area contributed by atoms with Gasteiger partial charge in [-0.25, -0.2) is 4.39 Å². The second-order valence-corrected chi connectivity index (χ2v) is 5.02. The van der Waals surface area contributed by atoms with Gasteiger partial charge in [-0.1, -0.05) is 23.7 Å². The third kappa shape index (κ3) is 3.50. The van der Waals surface area contributed by atoms with Crippen molar-refractivity contribution in [3.63, 3.8) is 0 Å². The van der Waals surface area contributed by atoms with Crippen molar-refractivity contribution >= 4 is 11.6 Å². The van der Waals surface area contributed by atoms with E-state index >= 15 is 0 Å². The van der Waals surface area contributed by atoms with E-state index in [0.29, 0.717) is 30.3 Å². The summed E-state index contributed by atoms with van der Waals surface area (Å²) in [6, 6.07) is 10.2. The molecule has 0 bridgehead atoms. The molecule has 0 saturated heterocycles. The van der Waals surface area contributed by atoms with E-state index in [9.17, 15) is 4.39 Å². The van der Waals surface area contributed by atoms with Crippen molar-refractivity contribution in [1.82, 2.24) is 0 Å². The quantitative estimate of drug-likeness (QED) is 0.908. The SMILES string of the molecule is Cc1ccc(F)cc1COc1cccc(Cl)c1CCN. The van der Waals surface area contributed by atoms with Gasteiger partial charge in [0.05, 0.1) is 0 Å². The molecule has 0 radical (unpaired) electrons. The summed E-state index contributed by atoms with van der Waals surface area (Å²) in [5.74, 6) is 0.439. The molecule has 0 aromatic heterocycles. The van der Waals surface area contributed by atoms with Crippen LogP contribution >= 0.6 is 11.6 Å². The topological polar surface area (TPSA) is 35.2 Å². The highest BCUT2D eigenvalue weighted by Crippen LogP contribution is 2.27. The molecule has 0 spiro atoms. The summed E-state index contributed by atoms with van der Waals surface area (Å²) in [5, 5.41) is 0.643. The fourth-order valence-electron chi connectivity index (χ4n) is 2.01. The lowest BCUT2D eigenvalue weighted by Crippen LogP contribution is -2.06. The summed E-state index contributed by atoms with van der Waals surface area (Å²) in [4.78, 5) is 0. The zero-order valence-corrected chi connectivity index (χ0v) is 12.1. The molecule has 2 N–H and O–H groups in total. The van der Waals surface area contributed by atoms with Gasteiger partial charge in [0.25, 0.3) is 0 Å². The molecule has 0 fully saturated rings. The number of ether oxygens (including phenoxy) is 1. The van der Waals surface area contributed by atoms with E-state index in [1.165, 1.54) is 12.1 Å². The summed E-state index contributed by atoms with van der Waals surface area (Å²) in [6.45, 7) is 2.73. The van der Waals surface area contributed by atoms with Crippen molar-refractivity contribution in [3.05, 3.63) is 63.9 Å². The largest absolute Gasteiger partial charge is 0.489 e. The standard InChI is InChI=1S/C16H17ClFNO/c1-11-5-6-13(18)9-12(11)10-20-16-4-2-3-15(17)14(16)7-8-19/h2-6,9H,7-8,10,19H2,1H3. The van der Waals surface area contributed by atoms with Crippen molar-refractivity contribution in [1.29, 1.82) is 0 Å². The molecule has 0 aliphatic heterocycles. The average Bonchev–Trinajstić information content (AvgIpc) is 2.43. The van der Waals surface area contributed by atoms with E-state index in [4.69, 9.17) is 22.1 Å². The Labute approximate surface area is 123 Å². The van der Waals surface area contributed by atoms with Gasteiger partial charge in [0, 0.05) is 10.6 Å². The maximum absolute atomic E-state index is 13.2. The van der Waals surface area contributed by atoms with Gasteiger partial charge >= 0.3 is 0 Å². The minimum atomic E-state index is -0.262. The molecule has 0 aliphatic rings. The predicted octanol–water partition coefficient (Wildman–Crippen LogP) is 3.87. The fraction of sp³-hybridized carbons (Fsp3) is 0.250. The van der Waals surface area contributed by atoms with Crippen LogP contribution < -0.4 is 10.5 Å². The highest BCUT2D eigenvalue weighted by molar-refractivity contribution is 6.31. The minimum Gasteiger partial charge on any atom is -0.489 e. The van der Waals surface area contributed by atoms with Crippen LogP contribution in [-0.2, 0) is 13.0 Å². The first-order chi connectivity index (χ1) is 9.61. The molecule has 0 heterocycles. The van der Waals surface area contributed by atoms with Crippen LogP contribution in [0.2, 0.25) is 5.02 Å². The van der Waals surface area contributed by atoms with Crippen molar-refractivity contribution < 1.29 is 9.13 Å². The lowest BCUT2D eigenvalue weighted by Gasteiger charge is -2.13. The number of aryl methyl sites for hydroxylation is 1. The number of hydrogen-bond acceptors (Lipinski definition) is 2. The first-order valence-corrected chi connectivity index (χ1v) is 6.85. The van der Waals surface area contributed by atoms with Crippen molar-refractivity contribution in [2.75, 3.05) is 6.54 Å². The fourth-order valence-corrected chi connectivity index (χ4v) is 2.27. The van der Waals surface area contributed by atoms with E-state index in [1.807, 2.05) is 25.1 Å². The zero-order chi connectivity index (χ0) is 14.5. The molecule has 106 valence electrons. The van der Waals surface area contributed by atoms with Crippen LogP contribution in [0.5, 0.6) is 5.75 Å². The molecular weight excluding hydrogens is 277 g/mol. The highest BCUT2D eigenvalue weighted by atomic mass is 35.5. The summed E-state index contributed by atoms with van der Waals surface area (Å²) in [7, 11) is 0. The Kier molecular flexibility index (Phi) is 4.99. The van der Waals surface area contributed by atoms with Crippen LogP contribution in [0.1, 0.15) is 16.7 Å². The Bertz CT molecular complexity index is 601. The monoisotopic (exact) mass is 293 g/mol. The summed E-state index contributed by atoms with van der Waals surface area (Å²) >= 11 is 6.15. The van der Waals surface area contributed by atoms with E-state index in [1.54, 1.807) is 6.07 Å². The van der Waals surface area contributed by atoms with Crippen LogP contribution in [-0.4, -0.2) is 6.54 Å². The number of nitrogens with two attached hydrogens (primary N) is 1. The average molecular weight is 294 g/mol. The molecular formula is C16H17ClFNO. The molecule has 2 aromatic carbocycles. The highest BCUT2D eigenvalue weighted by Gasteiger charge is 2.09. The van der Waals surface area contributed by atoms with Crippen LogP contribution in [0.4, 0.5) is 4.39 Å². The third-order valence-electron chi connectivity index (χ3n) is 3.16. The molecule has 2 nitrogen and oxygen atoms in total. The van der Waals surface area contributed by atoms with E-state index < -0.39 is 0 Å². The van der Waals surface area contributed by atoms with Crippen LogP contribution in [0, 0.1) is 12.7 Å². The van der Waals surface area contributed by atoms with Gasteiger partial charge in [-0.15, -0.1) is 0 Å². The molecule has 20 heavy (non-hydrogen) atoms. The van der Waals surface area contributed by atoms with E-state index in [-0.39, 0.29) is 5.82 Å². The summed E-state index contributed by atoms with van der Waals surface area (Å²) < 4.78 is 19.0. The Morgan fingerprint density at radius 1 is 1.25 bits per heavy atom. The normalized spacial score (nSPS) is 10.6. The lowest BCUT2D eigenvalue weighted by molar-refractivity contribution is 0.301. The maximum atomic E-state index is 13.2. The van der Waals surface area contributed by atoms with Crippen molar-refractivity contribution in [2.45, 2.75) is 20.0 Å². The van der Waals surface area contributed by atoms with Gasteiger partial charge in [-0.05, 0) is 55.3 Å². The van der Waals surface area contributed by atoms with Gasteiger partial charge in [0.2, 0.25) is 0 Å². The Morgan fingerprint density at radius 2 is 2.05 bits per heavy atom. The molecule has 0 amide bonds. The Hall–Kier alpha value is -1.58. The smallest absolute Gasteiger partial charge is 0.124 e. The van der Waals surface area contributed by atoms with E-state index in [2.05, 4.69) is 0 Å². The second-order valence-electron chi connectivity index (χ2n) is 4.61. The van der Waals surface area contributed by atoms with Crippen LogP contribution in [0.15, 0.2) is 36.4 Å². The van der Waals surface area contributed by atoms with Gasteiger partial charge < -0.3 is 10.5 Å². The second kappa shape index (κ2) is 6.73. The molecule has 0 saturated carbocycles. The summed E-state index contributed by atoms with van der Waals surface area (Å²) in [6.07, 6.45) is 0.650. The number of hydrogen-bond donors (Lipinski definition) is 1. The van der Waals surface area contributed by atoms with Crippen LogP contribution in [0.3, 0.4) is 0 Å². The summed E-state index contributed by atoms with van der Waals surface area (Å²) in [5.41, 5.74) is 8.30. The first kappa shape index (κ1) is 14.8. The molecule has 4 heteroatoms. The minimum absolute atomic E-state index is 0.262. The van der Waals surface area contributed by atoms with Gasteiger partial charge in [0.1, 0.15) is 18.2 Å². The number of halogens is 2. The number of benzene rings is 2. The predicted molar refractivity (Wildman–Crippen MR) is 79.7 cm³/mol. The third-order valence-corrected chi connectivity index (χ3v) is 3.52. The van der Waals surface area contributed by atoms with Crippen LogP contribution in [0.25, 0.3) is 0 Å². The van der Waals surface area contributed by atoms with E-state index in [0.717, 1.165) is 16.7 Å². The van der Waals surface area contributed by atoms with Crippen molar-refractivity contribution in [2.24, 2.45) is 5.73 Å².